The van der Waals surface area contributed by atoms with Gasteiger partial charge >= 0.3 is 0 Å². The summed E-state index contributed by atoms with van der Waals surface area (Å²) < 4.78 is 33.3. The highest BCUT2D eigenvalue weighted by molar-refractivity contribution is 7.89. The molecule has 0 radical (unpaired) electrons. The number of methoxy groups -OCH3 is 1. The summed E-state index contributed by atoms with van der Waals surface area (Å²) in [5.74, 6) is 0.146. The maximum atomic E-state index is 13.0. The fraction of sp³-hybridized carbons (Fsp3) is 0.650. The number of carbonyl (C=O) groups excluding carboxylic acids is 1. The number of nitrogens with one attached hydrogen (secondary N) is 1. The van der Waals surface area contributed by atoms with E-state index >= 15 is 0 Å². The highest BCUT2D eigenvalue weighted by atomic mass is 32.2. The van der Waals surface area contributed by atoms with Crippen molar-refractivity contribution in [3.05, 3.63) is 23.8 Å². The normalized spacial score (nSPS) is 21.8. The summed E-state index contributed by atoms with van der Waals surface area (Å²) >= 11 is 0. The predicted octanol–water partition coefficient (Wildman–Crippen LogP) is 1.84. The first kappa shape index (κ1) is 19.7. The van der Waals surface area contributed by atoms with Crippen LogP contribution in [0.3, 0.4) is 0 Å². The number of hydrogen-bond acceptors (Lipinski definition) is 5. The van der Waals surface area contributed by atoms with Gasteiger partial charge in [0.25, 0.3) is 5.91 Å². The zero-order chi connectivity index (χ0) is 19.7. The molecule has 154 valence electrons. The van der Waals surface area contributed by atoms with Crippen molar-refractivity contribution in [2.24, 2.45) is 0 Å². The van der Waals surface area contributed by atoms with Crippen molar-refractivity contribution in [3.63, 3.8) is 0 Å². The van der Waals surface area contributed by atoms with Crippen molar-refractivity contribution in [3.8, 4) is 5.75 Å². The van der Waals surface area contributed by atoms with E-state index in [9.17, 15) is 13.2 Å². The smallest absolute Gasteiger partial charge is 0.253 e. The maximum absolute atomic E-state index is 13.0. The van der Waals surface area contributed by atoms with Gasteiger partial charge < -0.3 is 9.64 Å². The lowest BCUT2D eigenvalue weighted by molar-refractivity contribution is 0.0573. The van der Waals surface area contributed by atoms with Crippen LogP contribution in [0, 0.1) is 0 Å². The van der Waals surface area contributed by atoms with Gasteiger partial charge in [-0.1, -0.05) is 12.8 Å². The first-order valence-electron chi connectivity index (χ1n) is 10.2. The molecule has 0 aromatic heterocycles. The molecule has 1 aromatic rings. The van der Waals surface area contributed by atoms with Crippen LogP contribution >= 0.6 is 0 Å². The van der Waals surface area contributed by atoms with Gasteiger partial charge in [0.05, 0.1) is 7.11 Å². The van der Waals surface area contributed by atoms with Crippen LogP contribution in [0.4, 0.5) is 0 Å². The van der Waals surface area contributed by atoms with E-state index in [0.29, 0.717) is 24.7 Å². The molecule has 1 aliphatic heterocycles. The minimum Gasteiger partial charge on any atom is -0.495 e. The van der Waals surface area contributed by atoms with E-state index in [1.165, 1.54) is 38.9 Å². The minimum absolute atomic E-state index is 0.00210. The minimum atomic E-state index is -3.70. The Kier molecular flexibility index (Phi) is 5.62. The molecule has 0 bridgehead atoms. The number of hydrogen-bond donors (Lipinski definition) is 1. The third-order valence-electron chi connectivity index (χ3n) is 6.04. The van der Waals surface area contributed by atoms with Crippen molar-refractivity contribution >= 4 is 15.9 Å². The zero-order valence-corrected chi connectivity index (χ0v) is 17.2. The third-order valence-corrected chi connectivity index (χ3v) is 7.58. The van der Waals surface area contributed by atoms with Gasteiger partial charge in [-0.05, 0) is 43.9 Å². The fourth-order valence-corrected chi connectivity index (χ4v) is 5.75. The Labute approximate surface area is 167 Å². The fourth-order valence-electron chi connectivity index (χ4n) is 4.25. The lowest BCUT2D eigenvalue weighted by Gasteiger charge is -2.38. The summed E-state index contributed by atoms with van der Waals surface area (Å²) in [7, 11) is -2.26. The highest BCUT2D eigenvalue weighted by Crippen LogP contribution is 2.29. The third kappa shape index (κ3) is 4.18. The Morgan fingerprint density at radius 2 is 1.75 bits per heavy atom. The van der Waals surface area contributed by atoms with E-state index in [4.69, 9.17) is 4.74 Å². The molecule has 8 heteroatoms. The molecule has 28 heavy (non-hydrogen) atoms. The zero-order valence-electron chi connectivity index (χ0n) is 16.4. The number of carbonyl (C=O) groups is 1. The Morgan fingerprint density at radius 1 is 1.07 bits per heavy atom. The second kappa shape index (κ2) is 8.00. The van der Waals surface area contributed by atoms with Gasteiger partial charge in [0.15, 0.2) is 0 Å². The second-order valence-corrected chi connectivity index (χ2v) is 9.71. The topological polar surface area (TPSA) is 79.0 Å². The summed E-state index contributed by atoms with van der Waals surface area (Å²) in [6.45, 7) is 3.15. The van der Waals surface area contributed by atoms with E-state index < -0.39 is 10.0 Å². The van der Waals surface area contributed by atoms with E-state index in [0.717, 1.165) is 25.9 Å². The number of piperazine rings is 1. The van der Waals surface area contributed by atoms with Gasteiger partial charge in [0.2, 0.25) is 10.0 Å². The number of benzene rings is 1. The lowest BCUT2D eigenvalue weighted by atomic mass is 10.1. The Bertz CT molecular complexity index is 824. The molecule has 1 N–H and O–H groups in total. The molecule has 4 rings (SSSR count). The molecule has 1 aromatic carbocycles. The van der Waals surface area contributed by atoms with E-state index in [-0.39, 0.29) is 22.6 Å². The van der Waals surface area contributed by atoms with Crippen molar-refractivity contribution in [1.29, 1.82) is 0 Å². The van der Waals surface area contributed by atoms with Gasteiger partial charge in [-0.2, -0.15) is 0 Å². The predicted molar refractivity (Wildman–Crippen MR) is 106 cm³/mol. The Hall–Kier alpha value is -1.64. The largest absolute Gasteiger partial charge is 0.495 e. The van der Waals surface area contributed by atoms with Crippen LogP contribution in [0.15, 0.2) is 23.1 Å². The second-order valence-electron chi connectivity index (χ2n) is 8.03. The van der Waals surface area contributed by atoms with Gasteiger partial charge in [0.1, 0.15) is 10.6 Å². The molecule has 1 heterocycles. The molecule has 0 spiro atoms. The van der Waals surface area contributed by atoms with Crippen LogP contribution in [0.25, 0.3) is 0 Å². The molecule has 2 saturated carbocycles. The summed E-state index contributed by atoms with van der Waals surface area (Å²) in [5.41, 5.74) is 0.395. The molecule has 1 amide bonds. The van der Waals surface area contributed by atoms with Gasteiger partial charge in [-0.3, -0.25) is 9.69 Å². The van der Waals surface area contributed by atoms with E-state index in [1.54, 1.807) is 12.1 Å². The highest BCUT2D eigenvalue weighted by Gasteiger charge is 2.32. The standard InChI is InChI=1S/C20H29N3O4S/c1-27-18-9-6-15(14-19(18)28(25,26)21-16-7-8-16)20(24)23-12-10-22(11-13-23)17-4-2-3-5-17/h6,9,14,16-17,21H,2-5,7-8,10-13H2,1H3. The first-order valence-corrected chi connectivity index (χ1v) is 11.7. The van der Waals surface area contributed by atoms with Gasteiger partial charge in [0, 0.05) is 43.8 Å². The molecular formula is C20H29N3O4S. The summed E-state index contributed by atoms with van der Waals surface area (Å²) in [4.78, 5) is 17.4. The maximum Gasteiger partial charge on any atom is 0.253 e. The van der Waals surface area contributed by atoms with Crippen molar-refractivity contribution < 1.29 is 17.9 Å². The summed E-state index contributed by atoms with van der Waals surface area (Å²) in [6.07, 6.45) is 6.85. The number of sulfonamides is 1. The molecule has 0 unspecified atom stereocenters. The van der Waals surface area contributed by atoms with E-state index in [1.807, 2.05) is 4.90 Å². The van der Waals surface area contributed by atoms with Gasteiger partial charge in [-0.25, -0.2) is 13.1 Å². The first-order chi connectivity index (χ1) is 13.5. The van der Waals surface area contributed by atoms with Crippen LogP contribution in [0.5, 0.6) is 5.75 Å². The van der Waals surface area contributed by atoms with Crippen molar-refractivity contribution in [1.82, 2.24) is 14.5 Å². The molecule has 2 aliphatic carbocycles. The van der Waals surface area contributed by atoms with Crippen LogP contribution < -0.4 is 9.46 Å². The Balaban J connectivity index is 1.47. The van der Waals surface area contributed by atoms with Crippen LogP contribution in [-0.2, 0) is 10.0 Å². The molecule has 3 aliphatic rings. The summed E-state index contributed by atoms with van der Waals surface area (Å²) in [5, 5.41) is 0. The van der Waals surface area contributed by atoms with Gasteiger partial charge in [-0.15, -0.1) is 0 Å². The lowest BCUT2D eigenvalue weighted by Crippen LogP contribution is -2.51. The number of nitrogens with zero attached hydrogens (tertiary/aromatic N) is 2. The Morgan fingerprint density at radius 3 is 2.36 bits per heavy atom. The average Bonchev–Trinajstić information content (AvgIpc) is 3.33. The molecule has 0 atom stereocenters. The van der Waals surface area contributed by atoms with E-state index in [2.05, 4.69) is 9.62 Å². The number of ether oxygens (including phenoxy) is 1. The average molecular weight is 408 g/mol. The van der Waals surface area contributed by atoms with Crippen molar-refractivity contribution in [2.75, 3.05) is 33.3 Å². The SMILES string of the molecule is COc1ccc(C(=O)N2CCN(C3CCCC3)CC2)cc1S(=O)(=O)NC1CC1. The molecular weight excluding hydrogens is 378 g/mol. The molecule has 3 fully saturated rings. The van der Waals surface area contributed by atoms with Crippen LogP contribution in [0.1, 0.15) is 48.9 Å². The molecule has 7 nitrogen and oxygen atoms in total. The van der Waals surface area contributed by atoms with Crippen molar-refractivity contribution in [2.45, 2.75) is 55.5 Å². The number of rotatable bonds is 6. The molecule has 1 saturated heterocycles. The van der Waals surface area contributed by atoms with Crippen LogP contribution in [-0.4, -0.2) is 69.5 Å². The summed E-state index contributed by atoms with van der Waals surface area (Å²) in [6, 6.07) is 5.35. The quantitative estimate of drug-likeness (QED) is 0.778. The monoisotopic (exact) mass is 407 g/mol. The van der Waals surface area contributed by atoms with Crippen LogP contribution in [0.2, 0.25) is 0 Å². The number of amides is 1.